The normalized spacial score (nSPS) is 11.4. The van der Waals surface area contributed by atoms with Gasteiger partial charge in [-0.15, -0.1) is 5.10 Å². The standard InChI is InChI=1S/C30H22Cl2F5N7O/c31-19-7-5-18(23(32)14-19)16-44(12-11-30(35,36)37)27-10-6-17(21-3-1-2-4-22(21)28-40-42-43-41-28)13-26(27)39-29(45)38-25-9-8-20(33)15-24(25)34/h1-10,13-15H,11-12,16H2,(H2,38,39,45)(H,40,41,42,43). The largest absolute Gasteiger partial charge is 0.390 e. The van der Waals surface area contributed by atoms with Gasteiger partial charge >= 0.3 is 12.2 Å². The first-order valence-corrected chi connectivity index (χ1v) is 14.0. The minimum Gasteiger partial charge on any atom is -0.365 e. The van der Waals surface area contributed by atoms with Gasteiger partial charge < -0.3 is 15.5 Å². The molecule has 0 saturated heterocycles. The summed E-state index contributed by atoms with van der Waals surface area (Å²) in [6.45, 7) is -0.570. The monoisotopic (exact) mass is 661 g/mol. The molecule has 15 heteroatoms. The summed E-state index contributed by atoms with van der Waals surface area (Å²) in [5, 5.41) is 19.4. The van der Waals surface area contributed by atoms with Crippen LogP contribution >= 0.6 is 23.2 Å². The Bertz CT molecular complexity index is 1820. The maximum atomic E-state index is 14.3. The van der Waals surface area contributed by atoms with Crippen molar-refractivity contribution in [2.75, 3.05) is 22.1 Å². The molecule has 0 spiro atoms. The van der Waals surface area contributed by atoms with Crippen LogP contribution in [0.4, 0.5) is 43.8 Å². The molecule has 0 aliphatic rings. The number of amides is 2. The number of aromatic amines is 1. The molecule has 0 unspecified atom stereocenters. The molecule has 1 aromatic heterocycles. The molecule has 5 rings (SSSR count). The molecule has 45 heavy (non-hydrogen) atoms. The van der Waals surface area contributed by atoms with Crippen molar-refractivity contribution in [1.82, 2.24) is 20.6 Å². The predicted molar refractivity (Wildman–Crippen MR) is 162 cm³/mol. The number of benzene rings is 4. The number of nitrogens with one attached hydrogen (secondary N) is 3. The molecule has 0 aliphatic carbocycles. The van der Waals surface area contributed by atoms with Crippen LogP contribution < -0.4 is 15.5 Å². The maximum absolute atomic E-state index is 14.3. The highest BCUT2D eigenvalue weighted by atomic mass is 35.5. The van der Waals surface area contributed by atoms with Crippen LogP contribution in [0, 0.1) is 11.6 Å². The van der Waals surface area contributed by atoms with E-state index < -0.39 is 36.8 Å². The Balaban J connectivity index is 1.58. The third-order valence-electron chi connectivity index (χ3n) is 6.64. The first kappa shape index (κ1) is 31.7. The number of aromatic nitrogens is 4. The fourth-order valence-corrected chi connectivity index (χ4v) is 5.03. The third kappa shape index (κ3) is 8.05. The van der Waals surface area contributed by atoms with E-state index in [2.05, 4.69) is 31.3 Å². The van der Waals surface area contributed by atoms with Crippen LogP contribution in [-0.2, 0) is 6.54 Å². The molecular formula is C30H22Cl2F5N7O. The van der Waals surface area contributed by atoms with Gasteiger partial charge in [0, 0.05) is 34.8 Å². The van der Waals surface area contributed by atoms with Crippen molar-refractivity contribution >= 4 is 46.3 Å². The van der Waals surface area contributed by atoms with Crippen molar-refractivity contribution in [1.29, 1.82) is 0 Å². The van der Waals surface area contributed by atoms with E-state index in [1.165, 1.54) is 11.0 Å². The number of tetrazole rings is 1. The van der Waals surface area contributed by atoms with Crippen LogP contribution in [0.1, 0.15) is 12.0 Å². The van der Waals surface area contributed by atoms with Crippen molar-refractivity contribution in [2.45, 2.75) is 19.1 Å². The minimum absolute atomic E-state index is 0.0748. The Kier molecular flexibility index (Phi) is 9.49. The number of alkyl halides is 3. The van der Waals surface area contributed by atoms with Gasteiger partial charge in [0.1, 0.15) is 11.6 Å². The van der Waals surface area contributed by atoms with Crippen LogP contribution in [0.2, 0.25) is 10.0 Å². The molecule has 0 bridgehead atoms. The molecular weight excluding hydrogens is 640 g/mol. The fourth-order valence-electron chi connectivity index (χ4n) is 4.56. The van der Waals surface area contributed by atoms with Crippen molar-refractivity contribution in [3.8, 4) is 22.5 Å². The molecule has 0 saturated carbocycles. The number of carbonyl (C=O) groups excluding carboxylic acids is 1. The van der Waals surface area contributed by atoms with Crippen LogP contribution in [0.3, 0.4) is 0 Å². The summed E-state index contributed by atoms with van der Waals surface area (Å²) < 4.78 is 68.1. The summed E-state index contributed by atoms with van der Waals surface area (Å²) in [5.41, 5.74) is 2.28. The average Bonchev–Trinajstić information content (AvgIpc) is 3.53. The van der Waals surface area contributed by atoms with Crippen molar-refractivity contribution < 1.29 is 26.7 Å². The summed E-state index contributed by atoms with van der Waals surface area (Å²) in [6, 6.07) is 18.2. The van der Waals surface area contributed by atoms with Gasteiger partial charge in [-0.05, 0) is 63.5 Å². The highest BCUT2D eigenvalue weighted by Crippen LogP contribution is 2.37. The molecule has 0 radical (unpaired) electrons. The number of urea groups is 1. The van der Waals surface area contributed by atoms with Crippen LogP contribution in [0.15, 0.2) is 78.9 Å². The molecule has 3 N–H and O–H groups in total. The van der Waals surface area contributed by atoms with E-state index in [1.807, 2.05) is 0 Å². The zero-order valence-electron chi connectivity index (χ0n) is 23.0. The number of hydrogen-bond acceptors (Lipinski definition) is 5. The quantitative estimate of drug-likeness (QED) is 0.137. The van der Waals surface area contributed by atoms with Crippen LogP contribution in [-0.4, -0.2) is 39.4 Å². The Morgan fingerprint density at radius 1 is 0.889 bits per heavy atom. The Labute approximate surface area is 263 Å². The van der Waals surface area contributed by atoms with E-state index in [0.29, 0.717) is 39.2 Å². The number of halogens is 7. The lowest BCUT2D eigenvalue weighted by Crippen LogP contribution is -2.29. The molecule has 4 aromatic carbocycles. The van der Waals surface area contributed by atoms with E-state index in [9.17, 15) is 26.7 Å². The molecule has 8 nitrogen and oxygen atoms in total. The predicted octanol–water partition coefficient (Wildman–Crippen LogP) is 8.72. The Hall–Kier alpha value is -4.75. The van der Waals surface area contributed by atoms with Gasteiger partial charge in [0.05, 0.1) is 23.5 Å². The lowest BCUT2D eigenvalue weighted by atomic mass is 9.98. The number of nitrogens with zero attached hydrogens (tertiary/aromatic N) is 4. The first-order valence-electron chi connectivity index (χ1n) is 13.2. The second-order valence-corrected chi connectivity index (χ2v) is 10.6. The van der Waals surface area contributed by atoms with Gasteiger partial charge in [0.25, 0.3) is 0 Å². The Morgan fingerprint density at radius 2 is 1.64 bits per heavy atom. The van der Waals surface area contributed by atoms with Gasteiger partial charge in [-0.3, -0.25) is 0 Å². The summed E-state index contributed by atoms with van der Waals surface area (Å²) in [7, 11) is 0. The number of hydrogen-bond donors (Lipinski definition) is 3. The summed E-state index contributed by atoms with van der Waals surface area (Å²) in [4.78, 5) is 14.5. The molecule has 1 heterocycles. The van der Waals surface area contributed by atoms with Gasteiger partial charge in [0.15, 0.2) is 5.82 Å². The number of carbonyl (C=O) groups is 1. The molecule has 2 amide bonds. The zero-order valence-corrected chi connectivity index (χ0v) is 24.5. The fraction of sp³-hybridized carbons (Fsp3) is 0.133. The second kappa shape index (κ2) is 13.5. The lowest BCUT2D eigenvalue weighted by Gasteiger charge is -2.29. The summed E-state index contributed by atoms with van der Waals surface area (Å²) in [5.74, 6) is -1.49. The van der Waals surface area contributed by atoms with Crippen molar-refractivity contribution in [3.63, 3.8) is 0 Å². The number of anilines is 3. The van der Waals surface area contributed by atoms with E-state index in [4.69, 9.17) is 23.2 Å². The average molecular weight is 662 g/mol. The van der Waals surface area contributed by atoms with Gasteiger partial charge in [-0.2, -0.15) is 13.2 Å². The maximum Gasteiger partial charge on any atom is 0.390 e. The first-order chi connectivity index (χ1) is 21.5. The number of rotatable bonds is 9. The van der Waals surface area contributed by atoms with Gasteiger partial charge in [-0.1, -0.05) is 59.6 Å². The van der Waals surface area contributed by atoms with Gasteiger partial charge in [-0.25, -0.2) is 18.7 Å². The molecule has 0 fully saturated rings. The molecule has 0 atom stereocenters. The van der Waals surface area contributed by atoms with E-state index in [0.717, 1.165) is 12.1 Å². The molecule has 0 aliphatic heterocycles. The van der Waals surface area contributed by atoms with Crippen molar-refractivity contribution in [2.24, 2.45) is 0 Å². The van der Waals surface area contributed by atoms with Crippen LogP contribution in [0.5, 0.6) is 0 Å². The van der Waals surface area contributed by atoms with E-state index >= 15 is 0 Å². The minimum atomic E-state index is -4.49. The highest BCUT2D eigenvalue weighted by Gasteiger charge is 2.29. The topological polar surface area (TPSA) is 98.8 Å². The molecule has 232 valence electrons. The van der Waals surface area contributed by atoms with E-state index in [1.54, 1.807) is 54.6 Å². The summed E-state index contributed by atoms with van der Waals surface area (Å²) >= 11 is 12.4. The Morgan fingerprint density at radius 3 is 2.33 bits per heavy atom. The smallest absolute Gasteiger partial charge is 0.365 e. The van der Waals surface area contributed by atoms with Gasteiger partial charge in [0.2, 0.25) is 0 Å². The summed E-state index contributed by atoms with van der Waals surface area (Å²) in [6.07, 6.45) is -5.66. The molecule has 5 aromatic rings. The SMILES string of the molecule is O=C(Nc1ccc(F)cc1F)Nc1cc(-c2ccccc2-c2nnn[nH]2)ccc1N(CCC(F)(F)F)Cc1ccc(Cl)cc1Cl. The second-order valence-electron chi connectivity index (χ2n) is 9.75. The number of H-pyrrole nitrogens is 1. The third-order valence-corrected chi connectivity index (χ3v) is 7.23. The highest BCUT2D eigenvalue weighted by molar-refractivity contribution is 6.35. The van der Waals surface area contributed by atoms with Crippen molar-refractivity contribution in [3.05, 3.63) is 106 Å². The lowest BCUT2D eigenvalue weighted by molar-refractivity contribution is -0.132. The van der Waals surface area contributed by atoms with Crippen LogP contribution in [0.25, 0.3) is 22.5 Å². The zero-order chi connectivity index (χ0) is 32.1. The van der Waals surface area contributed by atoms with E-state index in [-0.39, 0.29) is 28.6 Å².